The molecule has 0 N–H and O–H groups in total. The van der Waals surface area contributed by atoms with E-state index in [1.807, 2.05) is 11.9 Å². The highest BCUT2D eigenvalue weighted by Crippen LogP contribution is 2.49. The number of carbonyl (C=O) groups excluding carboxylic acids is 2. The van der Waals surface area contributed by atoms with Crippen molar-refractivity contribution in [3.63, 3.8) is 0 Å². The first-order valence-electron chi connectivity index (χ1n) is 12.1. The largest absolute Gasteiger partial charge is 0.485 e. The van der Waals surface area contributed by atoms with Gasteiger partial charge in [0.25, 0.3) is 0 Å². The van der Waals surface area contributed by atoms with Gasteiger partial charge in [0.2, 0.25) is 5.91 Å². The molecule has 2 heterocycles. The van der Waals surface area contributed by atoms with E-state index in [1.54, 1.807) is 12.1 Å². The van der Waals surface area contributed by atoms with E-state index in [9.17, 15) is 18.4 Å². The first-order valence-corrected chi connectivity index (χ1v) is 12.1. The van der Waals surface area contributed by atoms with Gasteiger partial charge in [-0.25, -0.2) is 13.6 Å². The van der Waals surface area contributed by atoms with Gasteiger partial charge in [-0.3, -0.25) is 4.79 Å². The van der Waals surface area contributed by atoms with Crippen molar-refractivity contribution in [2.24, 2.45) is 5.92 Å². The van der Waals surface area contributed by atoms with Crippen molar-refractivity contribution in [1.82, 2.24) is 9.80 Å². The summed E-state index contributed by atoms with van der Waals surface area (Å²) < 4.78 is 36.7. The second-order valence-corrected chi connectivity index (χ2v) is 9.58. The van der Waals surface area contributed by atoms with Crippen molar-refractivity contribution in [2.45, 2.75) is 56.7 Å². The molecule has 3 aliphatic rings. The van der Waals surface area contributed by atoms with Gasteiger partial charge in [0.15, 0.2) is 6.10 Å². The van der Waals surface area contributed by atoms with E-state index >= 15 is 0 Å². The number of carbonyl (C=O) groups is 2. The van der Waals surface area contributed by atoms with Crippen LogP contribution in [0, 0.1) is 5.92 Å². The summed E-state index contributed by atoms with van der Waals surface area (Å²) in [6, 6.07) is 4.90. The molecule has 0 radical (unpaired) electrons. The minimum atomic E-state index is -1.18. The molecule has 182 valence electrons. The summed E-state index contributed by atoms with van der Waals surface area (Å²) in [5.74, 6) is -0.0981. The monoisotopic (exact) mass is 464 g/mol. The summed E-state index contributed by atoms with van der Waals surface area (Å²) >= 11 is 0. The van der Waals surface area contributed by atoms with Crippen LogP contribution in [0.1, 0.15) is 60.9 Å². The summed E-state index contributed by atoms with van der Waals surface area (Å²) in [6.45, 7) is 2.01. The summed E-state index contributed by atoms with van der Waals surface area (Å²) in [7, 11) is 1.88. The third-order valence-electron chi connectivity index (χ3n) is 7.36. The second kappa shape index (κ2) is 10.4. The molecule has 1 aliphatic carbocycles. The molecule has 6 nitrogen and oxygen atoms in total. The maximum atomic E-state index is 13.0. The lowest BCUT2D eigenvalue weighted by Gasteiger charge is -2.37. The van der Waals surface area contributed by atoms with Crippen LogP contribution in [0.25, 0.3) is 0 Å². The third-order valence-corrected chi connectivity index (χ3v) is 7.36. The molecule has 33 heavy (non-hydrogen) atoms. The fraction of sp³-hybridized carbons (Fsp3) is 0.680. The minimum Gasteiger partial charge on any atom is -0.485 e. The summed E-state index contributed by atoms with van der Waals surface area (Å²) in [4.78, 5) is 29.9. The number of nitrogens with zero attached hydrogens (tertiary/aromatic N) is 2. The van der Waals surface area contributed by atoms with Gasteiger partial charge in [-0.2, -0.15) is 0 Å². The molecule has 0 atom stereocenters. The molecule has 0 aromatic heterocycles. The number of halogens is 2. The predicted octanol–water partition coefficient (Wildman–Crippen LogP) is 3.87. The van der Waals surface area contributed by atoms with Crippen molar-refractivity contribution in [3.05, 3.63) is 29.3 Å². The zero-order valence-corrected chi connectivity index (χ0v) is 19.4. The van der Waals surface area contributed by atoms with Crippen LogP contribution in [0.5, 0.6) is 5.75 Å². The highest BCUT2D eigenvalue weighted by Gasteiger charge is 2.48. The SMILES string of the molecule is CN(CCN1CCCCC1)C(=O)C1CCC2(CC1)OC(=O)c1cc(OC(CF)CF)ccc12. The molecule has 1 aromatic rings. The van der Waals surface area contributed by atoms with Gasteiger partial charge < -0.3 is 19.3 Å². The van der Waals surface area contributed by atoms with Crippen LogP contribution >= 0.6 is 0 Å². The number of hydrogen-bond acceptors (Lipinski definition) is 5. The van der Waals surface area contributed by atoms with Crippen molar-refractivity contribution < 1.29 is 27.8 Å². The van der Waals surface area contributed by atoms with Crippen LogP contribution in [0.15, 0.2) is 18.2 Å². The lowest BCUT2D eigenvalue weighted by molar-refractivity contribution is -0.137. The van der Waals surface area contributed by atoms with Gasteiger partial charge in [0.1, 0.15) is 24.7 Å². The summed E-state index contributed by atoms with van der Waals surface area (Å²) in [6.07, 6.45) is 5.08. The first-order chi connectivity index (χ1) is 16.0. The average molecular weight is 465 g/mol. The van der Waals surface area contributed by atoms with E-state index in [0.717, 1.165) is 31.7 Å². The number of amides is 1. The number of hydrogen-bond donors (Lipinski definition) is 0. The molecule has 1 saturated heterocycles. The zero-order chi connectivity index (χ0) is 23.4. The molecule has 2 aliphatic heterocycles. The van der Waals surface area contributed by atoms with Crippen molar-refractivity contribution in [2.75, 3.05) is 46.6 Å². The number of fused-ring (bicyclic) bond motifs is 2. The topological polar surface area (TPSA) is 59.1 Å². The molecule has 1 saturated carbocycles. The van der Waals surface area contributed by atoms with Gasteiger partial charge in [-0.15, -0.1) is 0 Å². The van der Waals surface area contributed by atoms with E-state index in [1.165, 1.54) is 25.3 Å². The van der Waals surface area contributed by atoms with Crippen LogP contribution in [0.4, 0.5) is 8.78 Å². The Labute approximate surface area is 194 Å². The molecular formula is C25H34F2N2O4. The van der Waals surface area contributed by atoms with Gasteiger partial charge in [0.05, 0.1) is 5.56 Å². The quantitative estimate of drug-likeness (QED) is 0.547. The molecular weight excluding hydrogens is 430 g/mol. The van der Waals surface area contributed by atoms with Crippen LogP contribution in [-0.4, -0.2) is 74.4 Å². The fourth-order valence-corrected chi connectivity index (χ4v) is 5.35. The highest BCUT2D eigenvalue weighted by molar-refractivity contribution is 5.95. The van der Waals surface area contributed by atoms with Crippen LogP contribution < -0.4 is 4.74 Å². The lowest BCUT2D eigenvalue weighted by Crippen LogP contribution is -2.43. The van der Waals surface area contributed by atoms with Gasteiger partial charge >= 0.3 is 5.97 Å². The number of likely N-dealkylation sites (tertiary alicyclic amines) is 1. The Bertz CT molecular complexity index is 847. The van der Waals surface area contributed by atoms with E-state index < -0.39 is 31.0 Å². The number of alkyl halides is 2. The Kier molecular flexibility index (Phi) is 7.51. The van der Waals surface area contributed by atoms with Crippen molar-refractivity contribution in [3.8, 4) is 5.75 Å². The van der Waals surface area contributed by atoms with Crippen LogP contribution in [-0.2, 0) is 15.1 Å². The number of benzene rings is 1. The average Bonchev–Trinajstić information content (AvgIpc) is 3.12. The number of rotatable bonds is 8. The van der Waals surface area contributed by atoms with E-state index in [2.05, 4.69) is 4.90 Å². The van der Waals surface area contributed by atoms with Crippen LogP contribution in [0.2, 0.25) is 0 Å². The predicted molar refractivity (Wildman–Crippen MR) is 120 cm³/mol. The number of piperidine rings is 1. The van der Waals surface area contributed by atoms with Crippen molar-refractivity contribution in [1.29, 1.82) is 0 Å². The molecule has 2 fully saturated rings. The van der Waals surface area contributed by atoms with Crippen molar-refractivity contribution >= 4 is 11.9 Å². The zero-order valence-electron chi connectivity index (χ0n) is 19.4. The maximum absolute atomic E-state index is 13.0. The molecule has 1 spiro atoms. The Morgan fingerprint density at radius 2 is 1.91 bits per heavy atom. The Hall–Kier alpha value is -2.22. The first kappa shape index (κ1) is 23.9. The third kappa shape index (κ3) is 5.15. The molecule has 0 unspecified atom stereocenters. The second-order valence-electron chi connectivity index (χ2n) is 9.58. The van der Waals surface area contributed by atoms with Crippen LogP contribution in [0.3, 0.4) is 0 Å². The number of esters is 1. The van der Waals surface area contributed by atoms with Gasteiger partial charge in [-0.1, -0.05) is 12.5 Å². The van der Waals surface area contributed by atoms with E-state index in [0.29, 0.717) is 31.2 Å². The van der Waals surface area contributed by atoms with Gasteiger partial charge in [-0.05, 0) is 63.7 Å². The normalized spacial score (nSPS) is 25.2. The summed E-state index contributed by atoms with van der Waals surface area (Å²) in [5, 5.41) is 0. The molecule has 1 aromatic carbocycles. The lowest BCUT2D eigenvalue weighted by atomic mass is 9.74. The minimum absolute atomic E-state index is 0.0674. The van der Waals surface area contributed by atoms with E-state index in [-0.39, 0.29) is 17.6 Å². The smallest absolute Gasteiger partial charge is 0.339 e. The Morgan fingerprint density at radius 3 is 2.58 bits per heavy atom. The van der Waals surface area contributed by atoms with E-state index in [4.69, 9.17) is 9.47 Å². The molecule has 8 heteroatoms. The standard InChI is InChI=1S/C25H34F2N2O4/c1-28(13-14-29-11-3-2-4-12-29)23(30)18-7-9-25(10-8-18)22-6-5-19(32-20(16-26)17-27)15-21(22)24(31)33-25/h5-6,15,18,20H,2-4,7-14,16-17H2,1H3. The van der Waals surface area contributed by atoms with Gasteiger partial charge in [0, 0.05) is 31.6 Å². The fourth-order valence-electron chi connectivity index (χ4n) is 5.35. The number of ether oxygens (including phenoxy) is 2. The Morgan fingerprint density at radius 1 is 1.21 bits per heavy atom. The maximum Gasteiger partial charge on any atom is 0.339 e. The highest BCUT2D eigenvalue weighted by atomic mass is 19.1. The summed E-state index contributed by atoms with van der Waals surface area (Å²) in [5.41, 5.74) is 0.432. The molecule has 4 rings (SSSR count). The Balaban J connectivity index is 1.35. The number of likely N-dealkylation sites (N-methyl/N-ethyl adjacent to an activating group) is 1. The molecule has 1 amide bonds. The molecule has 0 bridgehead atoms.